The molecule has 0 aliphatic carbocycles. The number of piperidine rings is 1. The van der Waals surface area contributed by atoms with Crippen molar-refractivity contribution in [2.75, 3.05) is 26.7 Å². The summed E-state index contributed by atoms with van der Waals surface area (Å²) in [5.74, 6) is 1.20. The van der Waals surface area contributed by atoms with Gasteiger partial charge in [0, 0.05) is 13.1 Å². The second-order valence-corrected chi connectivity index (χ2v) is 7.30. The van der Waals surface area contributed by atoms with E-state index >= 15 is 0 Å². The Morgan fingerprint density at radius 1 is 1.19 bits per heavy atom. The van der Waals surface area contributed by atoms with Crippen molar-refractivity contribution in [1.29, 1.82) is 0 Å². The van der Waals surface area contributed by atoms with Crippen LogP contribution < -0.4 is 10.1 Å². The Morgan fingerprint density at radius 2 is 1.89 bits per heavy atom. The molecule has 1 heterocycles. The maximum Gasteiger partial charge on any atom is 0.255 e. The molecule has 0 radical (unpaired) electrons. The fraction of sp³-hybridized carbons (Fsp3) is 0.409. The van der Waals surface area contributed by atoms with Crippen LogP contribution in [0, 0.1) is 12.8 Å². The van der Waals surface area contributed by atoms with Crippen LogP contribution in [0.5, 0.6) is 11.5 Å². The normalized spacial score (nSPS) is 15.5. The maximum absolute atomic E-state index is 12.3. The van der Waals surface area contributed by atoms with Crippen LogP contribution in [0.15, 0.2) is 42.5 Å². The number of aryl methyl sites for hydroxylation is 1. The molecule has 2 aromatic carbocycles. The van der Waals surface area contributed by atoms with Gasteiger partial charge in [0.1, 0.15) is 11.5 Å². The minimum atomic E-state index is -0.197. The summed E-state index contributed by atoms with van der Waals surface area (Å²) in [6.45, 7) is 5.57. The van der Waals surface area contributed by atoms with Gasteiger partial charge >= 0.3 is 0 Å². The predicted octanol–water partition coefficient (Wildman–Crippen LogP) is 3.35. The number of hydrogen-bond donors (Lipinski definition) is 2. The number of hydrogen-bond acceptors (Lipinski definition) is 4. The highest BCUT2D eigenvalue weighted by molar-refractivity contribution is 5.96. The smallest absolute Gasteiger partial charge is 0.255 e. The summed E-state index contributed by atoms with van der Waals surface area (Å²) in [4.78, 5) is 14.8. The second kappa shape index (κ2) is 8.91. The average Bonchev–Trinajstić information content (AvgIpc) is 2.69. The Labute approximate surface area is 161 Å². The number of likely N-dealkylation sites (tertiary alicyclic amines) is 1. The monoisotopic (exact) mass is 368 g/mol. The van der Waals surface area contributed by atoms with Crippen LogP contribution >= 0.6 is 0 Å². The fourth-order valence-corrected chi connectivity index (χ4v) is 3.50. The molecule has 2 aromatic rings. The van der Waals surface area contributed by atoms with Gasteiger partial charge in [-0.3, -0.25) is 9.69 Å². The molecule has 0 atom stereocenters. The van der Waals surface area contributed by atoms with Gasteiger partial charge in [0.25, 0.3) is 5.91 Å². The number of methoxy groups -OCH3 is 1. The van der Waals surface area contributed by atoms with Crippen molar-refractivity contribution in [3.63, 3.8) is 0 Å². The van der Waals surface area contributed by atoms with E-state index in [2.05, 4.69) is 22.3 Å². The van der Waals surface area contributed by atoms with Gasteiger partial charge in [-0.1, -0.05) is 23.8 Å². The molecule has 0 unspecified atom stereocenters. The molecule has 1 aliphatic rings. The molecule has 144 valence electrons. The third kappa shape index (κ3) is 5.23. The lowest BCUT2D eigenvalue weighted by atomic mass is 9.96. The first kappa shape index (κ1) is 19.2. The molecule has 5 nitrogen and oxygen atoms in total. The third-order valence-corrected chi connectivity index (χ3v) is 5.22. The summed E-state index contributed by atoms with van der Waals surface area (Å²) in [7, 11) is 1.68. The number of phenolic OH excluding ortho intramolecular Hbond substituents is 1. The van der Waals surface area contributed by atoms with Crippen molar-refractivity contribution in [2.24, 2.45) is 5.92 Å². The Bertz CT molecular complexity index is 766. The van der Waals surface area contributed by atoms with Gasteiger partial charge in [0.05, 0.1) is 12.7 Å². The Balaban J connectivity index is 1.44. The average molecular weight is 368 g/mol. The largest absolute Gasteiger partial charge is 0.507 e. The lowest BCUT2D eigenvalue weighted by Gasteiger charge is -2.32. The number of carbonyl (C=O) groups excluding carboxylic acids is 1. The van der Waals surface area contributed by atoms with Crippen LogP contribution in [0.2, 0.25) is 0 Å². The molecular weight excluding hydrogens is 340 g/mol. The van der Waals surface area contributed by atoms with Crippen LogP contribution in [0.3, 0.4) is 0 Å². The summed E-state index contributed by atoms with van der Waals surface area (Å²) in [5, 5.41) is 12.9. The number of benzene rings is 2. The first-order valence-corrected chi connectivity index (χ1v) is 9.48. The molecule has 0 saturated carbocycles. The van der Waals surface area contributed by atoms with Gasteiger partial charge in [0.15, 0.2) is 0 Å². The van der Waals surface area contributed by atoms with Gasteiger partial charge in [-0.2, -0.15) is 0 Å². The van der Waals surface area contributed by atoms with E-state index < -0.39 is 0 Å². The fourth-order valence-electron chi connectivity index (χ4n) is 3.50. The van der Waals surface area contributed by atoms with Gasteiger partial charge < -0.3 is 15.2 Å². The second-order valence-electron chi connectivity index (χ2n) is 7.30. The van der Waals surface area contributed by atoms with Crippen molar-refractivity contribution in [3.8, 4) is 11.5 Å². The number of aromatic hydroxyl groups is 1. The number of phenols is 1. The molecule has 27 heavy (non-hydrogen) atoms. The molecule has 1 aliphatic heterocycles. The van der Waals surface area contributed by atoms with Gasteiger partial charge in [-0.05, 0) is 68.6 Å². The quantitative estimate of drug-likeness (QED) is 0.821. The number of ether oxygens (including phenoxy) is 1. The number of rotatable bonds is 6. The SMILES string of the molecule is COc1ccc(CN2CCC(CNC(=O)c3cc(C)ccc3O)CC2)cc1. The molecule has 0 bridgehead atoms. The predicted molar refractivity (Wildman–Crippen MR) is 106 cm³/mol. The first-order chi connectivity index (χ1) is 13.0. The maximum atomic E-state index is 12.3. The molecule has 1 saturated heterocycles. The van der Waals surface area contributed by atoms with E-state index in [1.807, 2.05) is 19.1 Å². The number of amides is 1. The van der Waals surface area contributed by atoms with Gasteiger partial charge in [0.2, 0.25) is 0 Å². The highest BCUT2D eigenvalue weighted by Crippen LogP contribution is 2.21. The minimum Gasteiger partial charge on any atom is -0.507 e. The van der Waals surface area contributed by atoms with E-state index in [0.717, 1.165) is 43.8 Å². The topological polar surface area (TPSA) is 61.8 Å². The van der Waals surface area contributed by atoms with E-state index in [9.17, 15) is 9.90 Å². The summed E-state index contributed by atoms with van der Waals surface area (Å²) in [5.41, 5.74) is 2.61. The van der Waals surface area contributed by atoms with Crippen LogP contribution in [0.4, 0.5) is 0 Å². The third-order valence-electron chi connectivity index (χ3n) is 5.22. The van der Waals surface area contributed by atoms with E-state index in [-0.39, 0.29) is 11.7 Å². The summed E-state index contributed by atoms with van der Waals surface area (Å²) < 4.78 is 5.20. The summed E-state index contributed by atoms with van der Waals surface area (Å²) in [6.07, 6.45) is 2.13. The van der Waals surface area contributed by atoms with E-state index in [4.69, 9.17) is 4.74 Å². The number of nitrogens with zero attached hydrogens (tertiary/aromatic N) is 1. The Morgan fingerprint density at radius 3 is 2.56 bits per heavy atom. The number of nitrogens with one attached hydrogen (secondary N) is 1. The molecule has 3 rings (SSSR count). The molecule has 5 heteroatoms. The minimum absolute atomic E-state index is 0.0346. The first-order valence-electron chi connectivity index (χ1n) is 9.48. The zero-order valence-corrected chi connectivity index (χ0v) is 16.1. The van der Waals surface area contributed by atoms with Crippen molar-refractivity contribution in [2.45, 2.75) is 26.3 Å². The van der Waals surface area contributed by atoms with Crippen LogP contribution in [0.25, 0.3) is 0 Å². The van der Waals surface area contributed by atoms with E-state index in [1.165, 1.54) is 5.56 Å². The van der Waals surface area contributed by atoms with E-state index in [0.29, 0.717) is 18.0 Å². The Kier molecular flexibility index (Phi) is 6.35. The highest BCUT2D eigenvalue weighted by Gasteiger charge is 2.20. The number of carbonyl (C=O) groups is 1. The Hall–Kier alpha value is -2.53. The van der Waals surface area contributed by atoms with Crippen molar-refractivity contribution >= 4 is 5.91 Å². The lowest BCUT2D eigenvalue weighted by Crippen LogP contribution is -2.38. The van der Waals surface area contributed by atoms with Crippen LogP contribution in [0.1, 0.15) is 34.3 Å². The van der Waals surface area contributed by atoms with Crippen LogP contribution in [-0.2, 0) is 6.54 Å². The van der Waals surface area contributed by atoms with E-state index in [1.54, 1.807) is 25.3 Å². The summed E-state index contributed by atoms with van der Waals surface area (Å²) >= 11 is 0. The van der Waals surface area contributed by atoms with Crippen molar-refractivity contribution in [1.82, 2.24) is 10.2 Å². The van der Waals surface area contributed by atoms with Crippen LogP contribution in [-0.4, -0.2) is 42.7 Å². The molecule has 0 aromatic heterocycles. The molecule has 0 spiro atoms. The highest BCUT2D eigenvalue weighted by atomic mass is 16.5. The zero-order chi connectivity index (χ0) is 19.2. The molecular formula is C22H28N2O3. The molecule has 1 fully saturated rings. The van der Waals surface area contributed by atoms with Crippen molar-refractivity contribution in [3.05, 3.63) is 59.2 Å². The zero-order valence-electron chi connectivity index (χ0n) is 16.1. The summed E-state index contributed by atoms with van der Waals surface area (Å²) in [6, 6.07) is 13.3. The molecule has 2 N–H and O–H groups in total. The van der Waals surface area contributed by atoms with Gasteiger partial charge in [-0.15, -0.1) is 0 Å². The molecule has 1 amide bonds. The standard InChI is InChI=1S/C22H28N2O3/c1-16-3-8-21(25)20(13-16)22(26)23-14-17-9-11-24(12-10-17)15-18-4-6-19(27-2)7-5-18/h3-8,13,17,25H,9-12,14-15H2,1-2H3,(H,23,26). The van der Waals surface area contributed by atoms with Gasteiger partial charge in [-0.25, -0.2) is 0 Å². The van der Waals surface area contributed by atoms with Crippen molar-refractivity contribution < 1.29 is 14.6 Å². The lowest BCUT2D eigenvalue weighted by molar-refractivity contribution is 0.0932.